The van der Waals surface area contributed by atoms with Crippen LogP contribution in [0.4, 0.5) is 9.59 Å². The first-order chi connectivity index (χ1) is 9.85. The standard InChI is InChI=1S/C15H27N3O3/c1-15(2,3)21-16-13(19)18(11-7-4-8-12-18)14(20)17-9-5-6-10-17/h4-12H2,1-3H3/p+1. The van der Waals surface area contributed by atoms with E-state index < -0.39 is 5.60 Å². The summed E-state index contributed by atoms with van der Waals surface area (Å²) in [5.41, 5.74) is 2.06. The van der Waals surface area contributed by atoms with Gasteiger partial charge in [-0.2, -0.15) is 9.96 Å². The molecule has 0 aliphatic carbocycles. The van der Waals surface area contributed by atoms with Gasteiger partial charge in [0.05, 0.1) is 18.7 Å². The highest BCUT2D eigenvalue weighted by Gasteiger charge is 2.49. The molecule has 21 heavy (non-hydrogen) atoms. The molecule has 0 atom stereocenters. The van der Waals surface area contributed by atoms with E-state index in [0.29, 0.717) is 13.1 Å². The zero-order chi connectivity index (χ0) is 15.5. The molecule has 0 aromatic rings. The van der Waals surface area contributed by atoms with E-state index in [1.807, 2.05) is 25.7 Å². The topological polar surface area (TPSA) is 58.6 Å². The second kappa shape index (κ2) is 6.32. The molecule has 2 rings (SSSR count). The number of piperidine rings is 1. The van der Waals surface area contributed by atoms with Crippen LogP contribution in [0.1, 0.15) is 52.9 Å². The minimum absolute atomic E-state index is 0.0535. The van der Waals surface area contributed by atoms with Gasteiger partial charge in [-0.25, -0.2) is 9.59 Å². The molecule has 2 fully saturated rings. The third-order valence-corrected chi connectivity index (χ3v) is 4.16. The molecule has 2 saturated heterocycles. The maximum atomic E-state index is 12.9. The normalized spacial score (nSPS) is 22.1. The van der Waals surface area contributed by atoms with Gasteiger partial charge >= 0.3 is 12.1 Å². The van der Waals surface area contributed by atoms with E-state index >= 15 is 0 Å². The number of hydrogen-bond acceptors (Lipinski definition) is 3. The summed E-state index contributed by atoms with van der Waals surface area (Å²) >= 11 is 0. The van der Waals surface area contributed by atoms with E-state index in [1.165, 1.54) is 0 Å². The maximum absolute atomic E-state index is 12.9. The Kier molecular flexibility index (Phi) is 4.88. The molecule has 2 heterocycles. The Bertz CT molecular complexity index is 391. The SMILES string of the molecule is CC(C)(C)ONC(=O)[N+]1(C(=O)N2CCCC2)CCCCC1. The van der Waals surface area contributed by atoms with Crippen molar-refractivity contribution in [2.45, 2.75) is 58.5 Å². The van der Waals surface area contributed by atoms with E-state index in [9.17, 15) is 9.59 Å². The van der Waals surface area contributed by atoms with Gasteiger partial charge in [0, 0.05) is 13.1 Å². The van der Waals surface area contributed by atoms with E-state index in [-0.39, 0.29) is 16.5 Å². The quantitative estimate of drug-likeness (QED) is 0.598. The van der Waals surface area contributed by atoms with Crippen molar-refractivity contribution >= 4 is 12.1 Å². The Morgan fingerprint density at radius 3 is 2.10 bits per heavy atom. The minimum atomic E-state index is -0.466. The molecule has 0 bridgehead atoms. The van der Waals surface area contributed by atoms with Crippen LogP contribution in [0.25, 0.3) is 0 Å². The summed E-state index contributed by atoms with van der Waals surface area (Å²) in [6.45, 7) is 8.31. The molecule has 2 aliphatic heterocycles. The summed E-state index contributed by atoms with van der Waals surface area (Å²) in [6, 6.07) is -0.372. The highest BCUT2D eigenvalue weighted by Crippen LogP contribution is 2.24. The van der Waals surface area contributed by atoms with E-state index in [0.717, 1.165) is 45.2 Å². The number of carbonyl (C=O) groups excluding carboxylic acids is 2. The summed E-state index contributed by atoms with van der Waals surface area (Å²) in [5, 5.41) is 0. The molecule has 0 unspecified atom stereocenters. The van der Waals surface area contributed by atoms with E-state index in [1.54, 1.807) is 0 Å². The summed E-state index contributed by atoms with van der Waals surface area (Å²) in [6.07, 6.45) is 4.96. The Balaban J connectivity index is 2.12. The van der Waals surface area contributed by atoms with Crippen molar-refractivity contribution < 1.29 is 18.9 Å². The predicted molar refractivity (Wildman–Crippen MR) is 79.4 cm³/mol. The van der Waals surface area contributed by atoms with Crippen LogP contribution in [0.3, 0.4) is 0 Å². The number of urea groups is 2. The fourth-order valence-corrected chi connectivity index (χ4v) is 3.00. The summed E-state index contributed by atoms with van der Waals surface area (Å²) in [4.78, 5) is 32.8. The molecule has 0 saturated carbocycles. The Labute approximate surface area is 127 Å². The van der Waals surface area contributed by atoms with Crippen LogP contribution in [-0.4, -0.2) is 53.2 Å². The van der Waals surface area contributed by atoms with Crippen molar-refractivity contribution in [3.8, 4) is 0 Å². The molecule has 0 radical (unpaired) electrons. The fourth-order valence-electron chi connectivity index (χ4n) is 3.00. The number of nitrogens with zero attached hydrogens (tertiary/aromatic N) is 2. The van der Waals surface area contributed by atoms with Crippen LogP contribution >= 0.6 is 0 Å². The molecule has 4 amide bonds. The van der Waals surface area contributed by atoms with Crippen LogP contribution < -0.4 is 5.48 Å². The number of hydrogen-bond donors (Lipinski definition) is 1. The second-order valence-corrected chi connectivity index (χ2v) is 7.07. The molecular formula is C15H28N3O3+. The van der Waals surface area contributed by atoms with Crippen LogP contribution in [0.2, 0.25) is 0 Å². The lowest BCUT2D eigenvalue weighted by Crippen LogP contribution is -2.66. The number of amides is 4. The molecule has 2 aliphatic rings. The third-order valence-electron chi connectivity index (χ3n) is 4.16. The van der Waals surface area contributed by atoms with Gasteiger partial charge in [0.2, 0.25) is 0 Å². The fraction of sp³-hybridized carbons (Fsp3) is 0.867. The summed E-state index contributed by atoms with van der Waals surface area (Å²) in [5.74, 6) is 0. The first-order valence-electron chi connectivity index (χ1n) is 8.00. The number of imide groups is 1. The number of rotatable bonds is 1. The molecule has 0 spiro atoms. The number of nitrogens with one attached hydrogen (secondary N) is 1. The molecule has 6 heteroatoms. The van der Waals surface area contributed by atoms with Gasteiger partial charge in [-0.15, -0.1) is 0 Å². The number of quaternary nitrogens is 1. The average molecular weight is 298 g/mol. The largest absolute Gasteiger partial charge is 0.449 e. The van der Waals surface area contributed by atoms with Crippen LogP contribution in [0.5, 0.6) is 0 Å². The molecule has 6 nitrogen and oxygen atoms in total. The lowest BCUT2D eigenvalue weighted by molar-refractivity contribution is -0.780. The second-order valence-electron chi connectivity index (χ2n) is 7.07. The van der Waals surface area contributed by atoms with Gasteiger partial charge in [-0.1, -0.05) is 0 Å². The Hall–Kier alpha value is -1.14. The lowest BCUT2D eigenvalue weighted by atomic mass is 10.1. The van der Waals surface area contributed by atoms with Gasteiger partial charge in [0.25, 0.3) is 0 Å². The summed E-state index contributed by atoms with van der Waals surface area (Å²) < 4.78 is -0.129. The smallest absolute Gasteiger partial charge is 0.292 e. The number of carbonyl (C=O) groups is 2. The zero-order valence-electron chi connectivity index (χ0n) is 13.5. The first-order valence-corrected chi connectivity index (χ1v) is 8.00. The van der Waals surface area contributed by atoms with Gasteiger partial charge in [0.1, 0.15) is 0 Å². The molecular weight excluding hydrogens is 270 g/mol. The third kappa shape index (κ3) is 3.74. The minimum Gasteiger partial charge on any atom is -0.292 e. The maximum Gasteiger partial charge on any atom is 0.449 e. The monoisotopic (exact) mass is 298 g/mol. The predicted octanol–water partition coefficient (Wildman–Crippen LogP) is 2.64. The van der Waals surface area contributed by atoms with Crippen molar-refractivity contribution in [3.05, 3.63) is 0 Å². The Morgan fingerprint density at radius 2 is 1.57 bits per heavy atom. The highest BCUT2D eigenvalue weighted by atomic mass is 16.7. The Morgan fingerprint density at radius 1 is 1.00 bits per heavy atom. The number of hydroxylamine groups is 1. The van der Waals surface area contributed by atoms with Crippen molar-refractivity contribution in [1.29, 1.82) is 0 Å². The molecule has 1 N–H and O–H groups in total. The van der Waals surface area contributed by atoms with Crippen molar-refractivity contribution in [3.63, 3.8) is 0 Å². The molecule has 120 valence electrons. The van der Waals surface area contributed by atoms with Gasteiger partial charge in [-0.3, -0.25) is 9.74 Å². The van der Waals surface area contributed by atoms with Crippen LogP contribution in [-0.2, 0) is 4.84 Å². The zero-order valence-corrected chi connectivity index (χ0v) is 13.5. The molecule has 0 aromatic carbocycles. The van der Waals surface area contributed by atoms with Gasteiger partial charge in [-0.05, 0) is 52.9 Å². The van der Waals surface area contributed by atoms with Crippen molar-refractivity contribution in [2.75, 3.05) is 26.2 Å². The van der Waals surface area contributed by atoms with Crippen molar-refractivity contribution in [2.24, 2.45) is 0 Å². The molecule has 0 aromatic heterocycles. The number of likely N-dealkylation sites (tertiary alicyclic amines) is 2. The van der Waals surface area contributed by atoms with E-state index in [4.69, 9.17) is 4.84 Å². The highest BCUT2D eigenvalue weighted by molar-refractivity contribution is 5.82. The lowest BCUT2D eigenvalue weighted by Gasteiger charge is -2.38. The van der Waals surface area contributed by atoms with Gasteiger partial charge in [0.15, 0.2) is 0 Å². The van der Waals surface area contributed by atoms with E-state index in [2.05, 4.69) is 5.48 Å². The van der Waals surface area contributed by atoms with Crippen LogP contribution in [0, 0.1) is 0 Å². The van der Waals surface area contributed by atoms with Gasteiger partial charge < -0.3 is 0 Å². The first kappa shape index (κ1) is 16.2. The van der Waals surface area contributed by atoms with Crippen molar-refractivity contribution in [1.82, 2.24) is 10.4 Å². The van der Waals surface area contributed by atoms with Crippen LogP contribution in [0.15, 0.2) is 0 Å². The summed E-state index contributed by atoms with van der Waals surface area (Å²) in [7, 11) is 0. The average Bonchev–Trinajstić information content (AvgIpc) is 2.98.